The molecule has 1 amide bonds. The molecule has 138 valence electrons. The number of benzene rings is 2. The van der Waals surface area contributed by atoms with Gasteiger partial charge in [0.05, 0.1) is 14.2 Å². The molecule has 3 rings (SSSR count). The topological polar surface area (TPSA) is 72.1 Å². The van der Waals surface area contributed by atoms with Crippen molar-refractivity contribution in [2.45, 2.75) is 11.1 Å². The molecule has 0 saturated carbocycles. The summed E-state index contributed by atoms with van der Waals surface area (Å²) in [5, 5.41) is 0. The zero-order valence-electron chi connectivity index (χ0n) is 14.8. The number of hydrogen-bond acceptors (Lipinski definition) is 7. The van der Waals surface area contributed by atoms with Crippen LogP contribution >= 0.6 is 11.8 Å². The minimum atomic E-state index is -0.331. The van der Waals surface area contributed by atoms with Crippen molar-refractivity contribution in [1.29, 1.82) is 0 Å². The van der Waals surface area contributed by atoms with E-state index in [0.29, 0.717) is 11.3 Å². The van der Waals surface area contributed by atoms with Gasteiger partial charge in [0.2, 0.25) is 0 Å². The maximum absolute atomic E-state index is 13.2. The van der Waals surface area contributed by atoms with Gasteiger partial charge < -0.3 is 14.2 Å². The van der Waals surface area contributed by atoms with E-state index in [0.717, 1.165) is 11.4 Å². The van der Waals surface area contributed by atoms with Gasteiger partial charge in [-0.15, -0.1) is 0 Å². The van der Waals surface area contributed by atoms with E-state index in [1.807, 2.05) is 24.3 Å². The first-order chi connectivity index (χ1) is 12.7. The summed E-state index contributed by atoms with van der Waals surface area (Å²) in [5.74, 6) is 1.29. The summed E-state index contributed by atoms with van der Waals surface area (Å²) < 4.78 is 15.7. The maximum Gasteiger partial charge on any atom is 0.260 e. The van der Waals surface area contributed by atoms with Gasteiger partial charge in [0.25, 0.3) is 5.91 Å². The molecular formula is C18H21N3O4S. The third-order valence-electron chi connectivity index (χ3n) is 3.93. The maximum atomic E-state index is 13.2. The fraction of sp³-hybridized carbons (Fsp3) is 0.278. The first kappa shape index (κ1) is 18.5. The highest BCUT2D eigenvalue weighted by molar-refractivity contribution is 8.00. The number of amides is 1. The van der Waals surface area contributed by atoms with E-state index in [4.69, 9.17) is 14.2 Å². The average Bonchev–Trinajstić information content (AvgIpc) is 3.17. The van der Waals surface area contributed by atoms with Gasteiger partial charge in [-0.3, -0.25) is 9.69 Å². The van der Waals surface area contributed by atoms with Crippen LogP contribution in [-0.2, 0) is 4.74 Å². The summed E-state index contributed by atoms with van der Waals surface area (Å²) >= 11 is 1.46. The second-order valence-electron chi connectivity index (χ2n) is 5.45. The van der Waals surface area contributed by atoms with Crippen molar-refractivity contribution in [3.05, 3.63) is 54.1 Å². The molecule has 2 aromatic carbocycles. The van der Waals surface area contributed by atoms with Crippen molar-refractivity contribution < 1.29 is 19.0 Å². The van der Waals surface area contributed by atoms with Gasteiger partial charge in [0.15, 0.2) is 11.1 Å². The highest BCUT2D eigenvalue weighted by atomic mass is 32.2. The SMILES string of the molecule is COc1ccc(C(=O)N(c2ccc(OC)cc2)C2NNC(OC)S2)cc1. The Balaban J connectivity index is 1.91. The number of ether oxygens (including phenoxy) is 3. The van der Waals surface area contributed by atoms with Crippen LogP contribution in [0.15, 0.2) is 48.5 Å². The Bertz CT molecular complexity index is 739. The average molecular weight is 375 g/mol. The van der Waals surface area contributed by atoms with Gasteiger partial charge >= 0.3 is 0 Å². The van der Waals surface area contributed by atoms with Crippen LogP contribution in [0.4, 0.5) is 5.69 Å². The second-order valence-corrected chi connectivity index (χ2v) is 6.59. The predicted molar refractivity (Wildman–Crippen MR) is 101 cm³/mol. The van der Waals surface area contributed by atoms with E-state index in [1.54, 1.807) is 50.5 Å². The molecule has 0 radical (unpaired) electrons. The number of nitrogens with one attached hydrogen (secondary N) is 2. The van der Waals surface area contributed by atoms with Gasteiger partial charge in [-0.2, -0.15) is 0 Å². The number of methoxy groups -OCH3 is 3. The fourth-order valence-electron chi connectivity index (χ4n) is 2.54. The first-order valence-electron chi connectivity index (χ1n) is 7.97. The molecule has 2 N–H and O–H groups in total. The Morgan fingerprint density at radius 1 is 0.923 bits per heavy atom. The number of rotatable bonds is 6. The zero-order chi connectivity index (χ0) is 18.5. The Hall–Kier alpha value is -2.26. The molecule has 1 aliphatic rings. The van der Waals surface area contributed by atoms with E-state index in [1.165, 1.54) is 11.8 Å². The number of nitrogens with zero attached hydrogens (tertiary/aromatic N) is 1. The number of anilines is 1. The normalized spacial score (nSPS) is 19.2. The highest BCUT2D eigenvalue weighted by Gasteiger charge is 2.33. The van der Waals surface area contributed by atoms with Crippen LogP contribution in [0.5, 0.6) is 11.5 Å². The Kier molecular flexibility index (Phi) is 6.00. The van der Waals surface area contributed by atoms with E-state index < -0.39 is 0 Å². The fourth-order valence-corrected chi connectivity index (χ4v) is 3.50. The monoisotopic (exact) mass is 375 g/mol. The number of carbonyl (C=O) groups is 1. The molecule has 8 heteroatoms. The van der Waals surface area contributed by atoms with Crippen molar-refractivity contribution in [1.82, 2.24) is 10.9 Å². The van der Waals surface area contributed by atoms with E-state index in [2.05, 4.69) is 10.9 Å². The highest BCUT2D eigenvalue weighted by Crippen LogP contribution is 2.30. The molecule has 1 saturated heterocycles. The lowest BCUT2D eigenvalue weighted by atomic mass is 10.1. The van der Waals surface area contributed by atoms with Gasteiger partial charge in [-0.25, -0.2) is 10.9 Å². The molecule has 0 aliphatic carbocycles. The lowest BCUT2D eigenvalue weighted by molar-refractivity contribution is 0.0978. The van der Waals surface area contributed by atoms with Gasteiger partial charge in [-0.1, -0.05) is 11.8 Å². The van der Waals surface area contributed by atoms with E-state index in [9.17, 15) is 4.79 Å². The summed E-state index contributed by atoms with van der Waals surface area (Å²) in [5.41, 5.74) is 6.83. The third kappa shape index (κ3) is 3.94. The second kappa shape index (κ2) is 8.41. The Morgan fingerprint density at radius 2 is 1.50 bits per heavy atom. The molecule has 2 aromatic rings. The molecule has 0 aromatic heterocycles. The standard InChI is InChI=1S/C18H21N3O4S/c1-23-14-8-4-12(5-9-14)16(22)21(17-19-20-18(25-3)26-17)13-6-10-15(24-2)11-7-13/h4-11,17-20H,1-3H3. The molecule has 2 atom stereocenters. The molecule has 2 unspecified atom stereocenters. The largest absolute Gasteiger partial charge is 0.497 e. The Labute approximate surface area is 156 Å². The van der Waals surface area contributed by atoms with E-state index in [-0.39, 0.29) is 17.0 Å². The van der Waals surface area contributed by atoms with Crippen LogP contribution < -0.4 is 25.2 Å². The smallest absolute Gasteiger partial charge is 0.260 e. The predicted octanol–water partition coefficient (Wildman–Crippen LogP) is 2.41. The van der Waals surface area contributed by atoms with Crippen molar-refractivity contribution >= 4 is 23.4 Å². The molecule has 1 fully saturated rings. The number of hydrogen-bond donors (Lipinski definition) is 2. The minimum absolute atomic E-state index is 0.138. The van der Waals surface area contributed by atoms with Crippen LogP contribution in [0.1, 0.15) is 10.4 Å². The van der Waals surface area contributed by atoms with Crippen molar-refractivity contribution in [2.24, 2.45) is 0 Å². The zero-order valence-corrected chi connectivity index (χ0v) is 15.6. The lowest BCUT2D eigenvalue weighted by Gasteiger charge is -2.28. The molecular weight excluding hydrogens is 354 g/mol. The lowest BCUT2D eigenvalue weighted by Crippen LogP contribution is -2.47. The molecule has 7 nitrogen and oxygen atoms in total. The summed E-state index contributed by atoms with van der Waals surface area (Å²) in [6, 6.07) is 14.4. The van der Waals surface area contributed by atoms with Crippen LogP contribution in [0.2, 0.25) is 0 Å². The van der Waals surface area contributed by atoms with Crippen molar-refractivity contribution in [2.75, 3.05) is 26.2 Å². The first-order valence-corrected chi connectivity index (χ1v) is 8.91. The van der Waals surface area contributed by atoms with Crippen LogP contribution in [0.3, 0.4) is 0 Å². The summed E-state index contributed by atoms with van der Waals surface area (Å²) in [4.78, 5) is 14.9. The molecule has 0 spiro atoms. The van der Waals surface area contributed by atoms with E-state index >= 15 is 0 Å². The Morgan fingerprint density at radius 3 is 2.00 bits per heavy atom. The van der Waals surface area contributed by atoms with Crippen LogP contribution in [-0.4, -0.2) is 38.3 Å². The quantitative estimate of drug-likeness (QED) is 0.803. The summed E-state index contributed by atoms with van der Waals surface area (Å²) in [7, 11) is 4.81. The molecule has 1 aliphatic heterocycles. The van der Waals surface area contributed by atoms with Gasteiger partial charge in [0, 0.05) is 18.4 Å². The van der Waals surface area contributed by atoms with Crippen molar-refractivity contribution in [3.63, 3.8) is 0 Å². The molecule has 0 bridgehead atoms. The number of thioether (sulfide) groups is 1. The van der Waals surface area contributed by atoms with Gasteiger partial charge in [0.1, 0.15) is 11.5 Å². The van der Waals surface area contributed by atoms with Crippen molar-refractivity contribution in [3.8, 4) is 11.5 Å². The summed E-state index contributed by atoms with van der Waals surface area (Å²) in [6.45, 7) is 0. The van der Waals surface area contributed by atoms with Crippen LogP contribution in [0.25, 0.3) is 0 Å². The van der Waals surface area contributed by atoms with Crippen LogP contribution in [0, 0.1) is 0 Å². The third-order valence-corrected chi connectivity index (χ3v) is 5.08. The minimum Gasteiger partial charge on any atom is -0.497 e. The number of hydrazine groups is 1. The molecule has 26 heavy (non-hydrogen) atoms. The summed E-state index contributed by atoms with van der Waals surface area (Å²) in [6.07, 6.45) is 0. The molecule has 1 heterocycles. The van der Waals surface area contributed by atoms with Gasteiger partial charge in [-0.05, 0) is 48.5 Å². The number of carbonyl (C=O) groups excluding carboxylic acids is 1.